The van der Waals surface area contributed by atoms with Gasteiger partial charge in [0.05, 0.1) is 6.20 Å². The first-order valence-corrected chi connectivity index (χ1v) is 3.98. The van der Waals surface area contributed by atoms with Crippen molar-refractivity contribution in [2.24, 2.45) is 0 Å². The number of fused-ring (bicyclic) bond motifs is 1. The Bertz CT molecular complexity index is 359. The third-order valence-electron chi connectivity index (χ3n) is 1.70. The van der Waals surface area contributed by atoms with E-state index in [0.717, 1.165) is 17.0 Å². The second-order valence-electron chi connectivity index (χ2n) is 3.05. The molecule has 0 aliphatic heterocycles. The first-order chi connectivity index (χ1) is 5.77. The number of hydrogen-bond acceptors (Lipinski definition) is 3. The molecular weight excluding hydrogens is 152 g/mol. The third-order valence-corrected chi connectivity index (χ3v) is 1.70. The van der Waals surface area contributed by atoms with Gasteiger partial charge in [0.15, 0.2) is 11.5 Å². The molecule has 2 heterocycles. The van der Waals surface area contributed by atoms with Crippen LogP contribution >= 0.6 is 0 Å². The number of aromatic nitrogens is 2. The summed E-state index contributed by atoms with van der Waals surface area (Å²) in [6.07, 6.45) is 3.42. The molecule has 0 radical (unpaired) electrons. The van der Waals surface area contributed by atoms with E-state index >= 15 is 0 Å². The maximum Gasteiger partial charge on any atom is 0.198 e. The van der Waals surface area contributed by atoms with Crippen molar-refractivity contribution in [3.63, 3.8) is 0 Å². The van der Waals surface area contributed by atoms with Gasteiger partial charge in [0.25, 0.3) is 0 Å². The van der Waals surface area contributed by atoms with Gasteiger partial charge in [-0.05, 0) is 0 Å². The maximum absolute atomic E-state index is 5.48. The van der Waals surface area contributed by atoms with Gasteiger partial charge in [-0.15, -0.1) is 0 Å². The number of hydrogen-bond donors (Lipinski definition) is 0. The number of rotatable bonds is 1. The minimum Gasteiger partial charge on any atom is -0.440 e. The molecule has 0 bridgehead atoms. The molecule has 0 aliphatic rings. The zero-order valence-corrected chi connectivity index (χ0v) is 7.11. The second kappa shape index (κ2) is 2.59. The summed E-state index contributed by atoms with van der Waals surface area (Å²) in [5.41, 5.74) is 1.65. The molecule has 0 aromatic carbocycles. The van der Waals surface area contributed by atoms with Gasteiger partial charge < -0.3 is 4.42 Å². The predicted octanol–water partition coefficient (Wildman–Crippen LogP) is 2.35. The van der Waals surface area contributed by atoms with Gasteiger partial charge in [0, 0.05) is 18.2 Å². The highest BCUT2D eigenvalue weighted by Crippen LogP contribution is 2.19. The van der Waals surface area contributed by atoms with Gasteiger partial charge in [-0.3, -0.25) is 4.98 Å². The summed E-state index contributed by atoms with van der Waals surface area (Å²) in [4.78, 5) is 8.25. The van der Waals surface area contributed by atoms with E-state index in [1.165, 1.54) is 0 Å². The molecule has 0 aliphatic carbocycles. The molecule has 0 amide bonds. The van der Waals surface area contributed by atoms with Crippen molar-refractivity contribution >= 4 is 11.1 Å². The molecule has 0 spiro atoms. The van der Waals surface area contributed by atoms with Crippen LogP contribution < -0.4 is 0 Å². The summed E-state index contributed by atoms with van der Waals surface area (Å²) in [6, 6.07) is 1.83. The first-order valence-electron chi connectivity index (χ1n) is 3.98. The summed E-state index contributed by atoms with van der Waals surface area (Å²) < 4.78 is 5.48. The standard InChI is InChI=1S/C9H10N2O/c1-6(2)9-11-7-5-10-4-3-8(7)12-9/h3-6H,1-2H3. The Morgan fingerprint density at radius 1 is 1.42 bits per heavy atom. The third kappa shape index (κ3) is 1.07. The lowest BCUT2D eigenvalue weighted by Gasteiger charge is -1.93. The van der Waals surface area contributed by atoms with Crippen LogP contribution in [0.2, 0.25) is 0 Å². The van der Waals surface area contributed by atoms with Gasteiger partial charge in [-0.1, -0.05) is 13.8 Å². The summed E-state index contributed by atoms with van der Waals surface area (Å²) in [5.74, 6) is 1.11. The zero-order valence-electron chi connectivity index (χ0n) is 7.11. The Labute approximate surface area is 70.4 Å². The minimum absolute atomic E-state index is 0.331. The van der Waals surface area contributed by atoms with Crippen molar-refractivity contribution in [2.75, 3.05) is 0 Å². The van der Waals surface area contributed by atoms with E-state index in [0.29, 0.717) is 5.92 Å². The van der Waals surface area contributed by atoms with Crippen LogP contribution in [0.5, 0.6) is 0 Å². The Morgan fingerprint density at radius 3 is 2.92 bits per heavy atom. The number of nitrogens with zero attached hydrogens (tertiary/aromatic N) is 2. The van der Waals surface area contributed by atoms with E-state index in [-0.39, 0.29) is 0 Å². The van der Waals surface area contributed by atoms with Gasteiger partial charge >= 0.3 is 0 Å². The van der Waals surface area contributed by atoms with Crippen LogP contribution in [0.25, 0.3) is 11.1 Å². The monoisotopic (exact) mass is 162 g/mol. The fraction of sp³-hybridized carbons (Fsp3) is 0.333. The smallest absolute Gasteiger partial charge is 0.198 e. The van der Waals surface area contributed by atoms with Crippen molar-refractivity contribution < 1.29 is 4.42 Å². The average molecular weight is 162 g/mol. The Balaban J connectivity index is 2.62. The quantitative estimate of drug-likeness (QED) is 0.646. The topological polar surface area (TPSA) is 38.9 Å². The van der Waals surface area contributed by atoms with E-state index in [4.69, 9.17) is 4.42 Å². The normalized spacial score (nSPS) is 11.2. The molecule has 2 aromatic heterocycles. The Hall–Kier alpha value is -1.38. The average Bonchev–Trinajstić information content (AvgIpc) is 2.46. The van der Waals surface area contributed by atoms with Crippen molar-refractivity contribution in [1.29, 1.82) is 0 Å². The second-order valence-corrected chi connectivity index (χ2v) is 3.05. The highest BCUT2D eigenvalue weighted by atomic mass is 16.3. The Kier molecular flexibility index (Phi) is 1.57. The molecule has 0 N–H and O–H groups in total. The van der Waals surface area contributed by atoms with Crippen molar-refractivity contribution in [3.05, 3.63) is 24.4 Å². The van der Waals surface area contributed by atoms with Crippen molar-refractivity contribution in [3.8, 4) is 0 Å². The summed E-state index contributed by atoms with van der Waals surface area (Å²) in [6.45, 7) is 4.11. The lowest BCUT2D eigenvalue weighted by Crippen LogP contribution is -1.84. The van der Waals surface area contributed by atoms with Gasteiger partial charge in [-0.2, -0.15) is 0 Å². The van der Waals surface area contributed by atoms with Crippen LogP contribution in [0, 0.1) is 0 Å². The summed E-state index contributed by atoms with van der Waals surface area (Å²) >= 11 is 0. The number of pyridine rings is 1. The van der Waals surface area contributed by atoms with Crippen LogP contribution in [0.4, 0.5) is 0 Å². The molecule has 0 unspecified atom stereocenters. The fourth-order valence-electron chi connectivity index (χ4n) is 1.04. The SMILES string of the molecule is CC(C)c1nc2cnccc2o1. The van der Waals surface area contributed by atoms with Crippen LogP contribution in [0.3, 0.4) is 0 Å². The van der Waals surface area contributed by atoms with Crippen LogP contribution in [-0.4, -0.2) is 9.97 Å². The van der Waals surface area contributed by atoms with Crippen molar-refractivity contribution in [1.82, 2.24) is 9.97 Å². The van der Waals surface area contributed by atoms with E-state index in [1.54, 1.807) is 12.4 Å². The molecule has 0 fully saturated rings. The molecule has 12 heavy (non-hydrogen) atoms. The summed E-state index contributed by atoms with van der Waals surface area (Å²) in [5, 5.41) is 0. The van der Waals surface area contributed by atoms with Gasteiger partial charge in [0.1, 0.15) is 5.52 Å². The molecule has 2 aromatic rings. The van der Waals surface area contributed by atoms with Crippen LogP contribution in [0.15, 0.2) is 22.9 Å². The molecule has 0 atom stereocenters. The Morgan fingerprint density at radius 2 is 2.25 bits per heavy atom. The van der Waals surface area contributed by atoms with E-state index in [2.05, 4.69) is 23.8 Å². The molecule has 2 rings (SSSR count). The molecule has 3 nitrogen and oxygen atoms in total. The lowest BCUT2D eigenvalue weighted by atomic mass is 10.2. The van der Waals surface area contributed by atoms with Gasteiger partial charge in [0.2, 0.25) is 0 Å². The minimum atomic E-state index is 0.331. The zero-order chi connectivity index (χ0) is 8.55. The van der Waals surface area contributed by atoms with Crippen LogP contribution in [0.1, 0.15) is 25.7 Å². The van der Waals surface area contributed by atoms with Crippen LogP contribution in [-0.2, 0) is 0 Å². The van der Waals surface area contributed by atoms with E-state index in [9.17, 15) is 0 Å². The van der Waals surface area contributed by atoms with E-state index in [1.807, 2.05) is 6.07 Å². The van der Waals surface area contributed by atoms with Gasteiger partial charge in [-0.25, -0.2) is 4.98 Å². The first kappa shape index (κ1) is 7.28. The molecular formula is C9H10N2O. The molecule has 3 heteroatoms. The molecule has 62 valence electrons. The van der Waals surface area contributed by atoms with E-state index < -0.39 is 0 Å². The fourth-order valence-corrected chi connectivity index (χ4v) is 1.04. The predicted molar refractivity (Wildman–Crippen MR) is 45.9 cm³/mol. The molecule has 0 saturated heterocycles. The largest absolute Gasteiger partial charge is 0.440 e. The lowest BCUT2D eigenvalue weighted by molar-refractivity contribution is 0.501. The number of oxazole rings is 1. The van der Waals surface area contributed by atoms with Crippen molar-refractivity contribution in [2.45, 2.75) is 19.8 Å². The maximum atomic E-state index is 5.48. The highest BCUT2D eigenvalue weighted by molar-refractivity contribution is 5.70. The highest BCUT2D eigenvalue weighted by Gasteiger charge is 2.07. The summed E-state index contributed by atoms with van der Waals surface area (Å²) in [7, 11) is 0. The molecule has 0 saturated carbocycles.